The Morgan fingerprint density at radius 1 is 1.42 bits per heavy atom. The van der Waals surface area contributed by atoms with E-state index in [0.717, 1.165) is 0 Å². The van der Waals surface area contributed by atoms with Crippen LogP contribution in [0.2, 0.25) is 0 Å². The van der Waals surface area contributed by atoms with Crippen LogP contribution in [-0.2, 0) is 0 Å². The van der Waals surface area contributed by atoms with Crippen LogP contribution in [-0.4, -0.2) is 0 Å². The number of hydrogen-bond donors (Lipinski definition) is 0. The molecule has 0 radical (unpaired) electrons. The molecule has 0 aliphatic heterocycles. The van der Waals surface area contributed by atoms with Crippen LogP contribution < -0.4 is 0 Å². The van der Waals surface area contributed by atoms with Gasteiger partial charge in [0.2, 0.25) is 0 Å². The minimum atomic E-state index is 0.385. The molecule has 0 fully saturated rings. The molecule has 1 unspecified atom stereocenters. The second-order valence-corrected chi connectivity index (χ2v) is 4.47. The lowest BCUT2D eigenvalue weighted by Crippen LogP contribution is -2.12. The molecule has 68 valence electrons. The van der Waals surface area contributed by atoms with Gasteiger partial charge in [-0.2, -0.15) is 0 Å². The van der Waals surface area contributed by atoms with Crippen LogP contribution in [0.4, 0.5) is 0 Å². The predicted molar refractivity (Wildman–Crippen MR) is 55.1 cm³/mol. The van der Waals surface area contributed by atoms with Gasteiger partial charge in [0, 0.05) is 0 Å². The zero-order valence-electron chi connectivity index (χ0n) is 8.72. The standard InChI is InChI=1S/C12H20/c1-5-8-12(3,4)11-7-6-10(2)9-11/h6-7,9-10H,5,8H2,1-4H3. The Morgan fingerprint density at radius 2 is 2.08 bits per heavy atom. The van der Waals surface area contributed by atoms with Crippen molar-refractivity contribution in [3.05, 3.63) is 23.8 Å². The summed E-state index contributed by atoms with van der Waals surface area (Å²) in [7, 11) is 0. The third kappa shape index (κ3) is 2.00. The fourth-order valence-corrected chi connectivity index (χ4v) is 1.87. The molecule has 0 heteroatoms. The Hall–Kier alpha value is -0.520. The molecule has 0 saturated carbocycles. The van der Waals surface area contributed by atoms with Gasteiger partial charge in [0.25, 0.3) is 0 Å². The first-order valence-electron chi connectivity index (χ1n) is 4.97. The monoisotopic (exact) mass is 164 g/mol. The average molecular weight is 164 g/mol. The molecule has 1 rings (SSSR count). The molecule has 0 heterocycles. The third-order valence-electron chi connectivity index (χ3n) is 2.68. The fraction of sp³-hybridized carbons (Fsp3) is 0.667. The Kier molecular flexibility index (Phi) is 2.76. The van der Waals surface area contributed by atoms with E-state index in [1.807, 2.05) is 0 Å². The van der Waals surface area contributed by atoms with Crippen LogP contribution in [0, 0.1) is 11.3 Å². The molecule has 0 N–H and O–H groups in total. The number of rotatable bonds is 3. The normalized spacial score (nSPS) is 23.0. The summed E-state index contributed by atoms with van der Waals surface area (Å²) < 4.78 is 0. The van der Waals surface area contributed by atoms with Gasteiger partial charge < -0.3 is 0 Å². The zero-order valence-corrected chi connectivity index (χ0v) is 8.72. The van der Waals surface area contributed by atoms with E-state index >= 15 is 0 Å². The van der Waals surface area contributed by atoms with Crippen molar-refractivity contribution in [1.29, 1.82) is 0 Å². The highest BCUT2D eigenvalue weighted by Gasteiger charge is 2.22. The van der Waals surface area contributed by atoms with E-state index in [-0.39, 0.29) is 0 Å². The predicted octanol–water partition coefficient (Wildman–Crippen LogP) is 3.95. The second-order valence-electron chi connectivity index (χ2n) is 4.47. The highest BCUT2D eigenvalue weighted by molar-refractivity contribution is 5.33. The minimum Gasteiger partial charge on any atom is -0.0776 e. The van der Waals surface area contributed by atoms with Gasteiger partial charge in [-0.3, -0.25) is 0 Å². The van der Waals surface area contributed by atoms with E-state index in [2.05, 4.69) is 45.9 Å². The first kappa shape index (κ1) is 9.57. The summed E-state index contributed by atoms with van der Waals surface area (Å²) >= 11 is 0. The molecule has 0 aromatic rings. The van der Waals surface area contributed by atoms with Crippen LogP contribution in [0.3, 0.4) is 0 Å². The van der Waals surface area contributed by atoms with Crippen LogP contribution >= 0.6 is 0 Å². The average Bonchev–Trinajstić information content (AvgIpc) is 2.36. The fourth-order valence-electron chi connectivity index (χ4n) is 1.87. The summed E-state index contributed by atoms with van der Waals surface area (Å²) in [4.78, 5) is 0. The van der Waals surface area contributed by atoms with Crippen molar-refractivity contribution in [3.63, 3.8) is 0 Å². The third-order valence-corrected chi connectivity index (χ3v) is 2.68. The highest BCUT2D eigenvalue weighted by atomic mass is 14.3. The Labute approximate surface area is 76.4 Å². The maximum atomic E-state index is 2.38. The van der Waals surface area contributed by atoms with Crippen molar-refractivity contribution in [3.8, 4) is 0 Å². The minimum absolute atomic E-state index is 0.385. The summed E-state index contributed by atoms with van der Waals surface area (Å²) in [5, 5.41) is 0. The lowest BCUT2D eigenvalue weighted by molar-refractivity contribution is 0.412. The Bertz CT molecular complexity index is 206. The maximum absolute atomic E-state index is 2.38. The van der Waals surface area contributed by atoms with E-state index in [1.54, 1.807) is 0 Å². The van der Waals surface area contributed by atoms with Crippen molar-refractivity contribution in [2.24, 2.45) is 11.3 Å². The van der Waals surface area contributed by atoms with Gasteiger partial charge in [-0.1, -0.05) is 52.3 Å². The van der Waals surface area contributed by atoms with E-state index < -0.39 is 0 Å². The molecule has 0 amide bonds. The van der Waals surface area contributed by atoms with Crippen molar-refractivity contribution in [1.82, 2.24) is 0 Å². The first-order chi connectivity index (χ1) is 5.56. The molecule has 0 aromatic heterocycles. The molecule has 0 aromatic carbocycles. The van der Waals surface area contributed by atoms with Gasteiger partial charge in [0.15, 0.2) is 0 Å². The zero-order chi connectivity index (χ0) is 9.19. The van der Waals surface area contributed by atoms with Crippen molar-refractivity contribution < 1.29 is 0 Å². The lowest BCUT2D eigenvalue weighted by atomic mass is 9.80. The van der Waals surface area contributed by atoms with E-state index in [1.165, 1.54) is 18.4 Å². The topological polar surface area (TPSA) is 0 Å². The highest BCUT2D eigenvalue weighted by Crippen LogP contribution is 2.36. The van der Waals surface area contributed by atoms with Crippen LogP contribution in [0.1, 0.15) is 40.5 Å². The van der Waals surface area contributed by atoms with Gasteiger partial charge in [-0.25, -0.2) is 0 Å². The summed E-state index contributed by atoms with van der Waals surface area (Å²) in [6.07, 6.45) is 9.52. The Morgan fingerprint density at radius 3 is 2.50 bits per heavy atom. The molecule has 1 aliphatic rings. The van der Waals surface area contributed by atoms with E-state index in [9.17, 15) is 0 Å². The van der Waals surface area contributed by atoms with Crippen molar-refractivity contribution >= 4 is 0 Å². The van der Waals surface area contributed by atoms with Crippen LogP contribution in [0.15, 0.2) is 23.8 Å². The Balaban J connectivity index is 2.69. The van der Waals surface area contributed by atoms with Gasteiger partial charge in [-0.05, 0) is 23.3 Å². The van der Waals surface area contributed by atoms with Gasteiger partial charge in [-0.15, -0.1) is 0 Å². The molecule has 1 aliphatic carbocycles. The second kappa shape index (κ2) is 3.47. The SMILES string of the molecule is CCCC(C)(C)C1=CC(C)C=C1. The molecular formula is C12H20. The molecule has 0 saturated heterocycles. The van der Waals surface area contributed by atoms with Gasteiger partial charge in [0.05, 0.1) is 0 Å². The number of hydrogen-bond acceptors (Lipinski definition) is 0. The summed E-state index contributed by atoms with van der Waals surface area (Å²) in [6.45, 7) is 9.17. The summed E-state index contributed by atoms with van der Waals surface area (Å²) in [5.74, 6) is 0.649. The van der Waals surface area contributed by atoms with Crippen molar-refractivity contribution in [2.75, 3.05) is 0 Å². The largest absolute Gasteiger partial charge is 0.0776 e. The van der Waals surface area contributed by atoms with Crippen molar-refractivity contribution in [2.45, 2.75) is 40.5 Å². The lowest BCUT2D eigenvalue weighted by Gasteiger charge is -2.24. The maximum Gasteiger partial charge on any atom is -0.00726 e. The molecule has 0 spiro atoms. The molecule has 0 bridgehead atoms. The quantitative estimate of drug-likeness (QED) is 0.592. The van der Waals surface area contributed by atoms with Gasteiger partial charge >= 0.3 is 0 Å². The molecule has 12 heavy (non-hydrogen) atoms. The molecule has 0 nitrogen and oxygen atoms in total. The smallest absolute Gasteiger partial charge is 0.00726 e. The van der Waals surface area contributed by atoms with Crippen LogP contribution in [0.5, 0.6) is 0 Å². The summed E-state index contributed by atoms with van der Waals surface area (Å²) in [5.41, 5.74) is 1.91. The first-order valence-corrected chi connectivity index (χ1v) is 4.97. The number of allylic oxidation sites excluding steroid dienone is 4. The summed E-state index contributed by atoms with van der Waals surface area (Å²) in [6, 6.07) is 0. The van der Waals surface area contributed by atoms with Gasteiger partial charge in [0.1, 0.15) is 0 Å². The van der Waals surface area contributed by atoms with E-state index in [4.69, 9.17) is 0 Å². The molecular weight excluding hydrogens is 144 g/mol. The van der Waals surface area contributed by atoms with E-state index in [0.29, 0.717) is 11.3 Å². The van der Waals surface area contributed by atoms with Crippen LogP contribution in [0.25, 0.3) is 0 Å². The molecule has 1 atom stereocenters.